The number of nitrogens with zero attached hydrogens (tertiary/aromatic N) is 3. The zero-order valence-corrected chi connectivity index (χ0v) is 25.1. The second-order valence-corrected chi connectivity index (χ2v) is 12.5. The van der Waals surface area contributed by atoms with Crippen molar-refractivity contribution in [2.75, 3.05) is 20.2 Å². The molecule has 0 N–H and O–H groups in total. The van der Waals surface area contributed by atoms with Crippen LogP contribution in [0.5, 0.6) is 5.75 Å². The Bertz CT molecular complexity index is 1550. The summed E-state index contributed by atoms with van der Waals surface area (Å²) in [5.74, 6) is -0.129. The molecule has 1 fully saturated rings. The third-order valence-corrected chi connectivity index (χ3v) is 8.10. The average molecular weight is 572 g/mol. The van der Waals surface area contributed by atoms with Gasteiger partial charge in [0.1, 0.15) is 27.8 Å². The molecule has 4 rings (SSSR count). The lowest BCUT2D eigenvalue weighted by Crippen LogP contribution is -2.55. The summed E-state index contributed by atoms with van der Waals surface area (Å²) in [7, 11) is 1.56. The number of thiophene rings is 1. The highest BCUT2D eigenvalue weighted by Gasteiger charge is 2.39. The second kappa shape index (κ2) is 10.9. The molecule has 0 aliphatic carbocycles. The number of hydrogen-bond donors (Lipinski definition) is 0. The van der Waals surface area contributed by atoms with Crippen LogP contribution < -0.4 is 16.0 Å². The number of para-hydroxylation sites is 1. The number of carbonyl (C=O) groups is 2. The molecule has 216 valence electrons. The van der Waals surface area contributed by atoms with E-state index in [9.17, 15) is 19.2 Å². The van der Waals surface area contributed by atoms with Crippen LogP contribution in [0.4, 0.5) is 0 Å². The molecule has 1 saturated heterocycles. The largest absolute Gasteiger partial charge is 0.496 e. The van der Waals surface area contributed by atoms with Gasteiger partial charge < -0.3 is 19.1 Å². The molecule has 0 radical (unpaired) electrons. The van der Waals surface area contributed by atoms with Crippen LogP contribution >= 0.6 is 11.3 Å². The molecule has 10 nitrogen and oxygen atoms in total. The Morgan fingerprint density at radius 2 is 1.75 bits per heavy atom. The van der Waals surface area contributed by atoms with Gasteiger partial charge in [0.15, 0.2) is 0 Å². The normalized spacial score (nSPS) is 15.2. The van der Waals surface area contributed by atoms with Crippen molar-refractivity contribution in [2.24, 2.45) is 0 Å². The van der Waals surface area contributed by atoms with E-state index in [0.717, 1.165) is 10.1 Å². The van der Waals surface area contributed by atoms with Crippen molar-refractivity contribution in [3.8, 4) is 5.75 Å². The van der Waals surface area contributed by atoms with Crippen molar-refractivity contribution in [3.05, 3.63) is 61.6 Å². The quantitative estimate of drug-likeness (QED) is 0.380. The maximum atomic E-state index is 14.1. The number of rotatable bonds is 8. The van der Waals surface area contributed by atoms with E-state index in [0.29, 0.717) is 34.6 Å². The summed E-state index contributed by atoms with van der Waals surface area (Å²) in [4.78, 5) is 55.1. The zero-order valence-electron chi connectivity index (χ0n) is 24.3. The van der Waals surface area contributed by atoms with Crippen LogP contribution in [0.1, 0.15) is 58.8 Å². The molecule has 0 saturated carbocycles. The minimum atomic E-state index is -1.58. The predicted octanol–water partition coefficient (Wildman–Crippen LogP) is 3.61. The van der Waals surface area contributed by atoms with Crippen molar-refractivity contribution >= 4 is 33.4 Å². The number of carbonyl (C=O) groups excluding carboxylic acids is 2. The van der Waals surface area contributed by atoms with Crippen molar-refractivity contribution in [3.63, 3.8) is 0 Å². The molecule has 1 aromatic carbocycles. The van der Waals surface area contributed by atoms with Gasteiger partial charge in [-0.15, -0.1) is 11.3 Å². The fourth-order valence-corrected chi connectivity index (χ4v) is 5.82. The van der Waals surface area contributed by atoms with Gasteiger partial charge in [0.2, 0.25) is 5.91 Å². The lowest BCUT2D eigenvalue weighted by Gasteiger charge is -2.40. The third-order valence-electron chi connectivity index (χ3n) is 6.98. The number of hydrogen-bond acceptors (Lipinski definition) is 8. The fourth-order valence-electron chi connectivity index (χ4n) is 4.77. The van der Waals surface area contributed by atoms with Crippen LogP contribution in [-0.2, 0) is 31.1 Å². The minimum absolute atomic E-state index is 0.0304. The van der Waals surface area contributed by atoms with Crippen LogP contribution in [0, 0.1) is 6.92 Å². The number of esters is 1. The molecule has 1 amide bonds. The number of aryl methyl sites for hydroxylation is 1. The third kappa shape index (κ3) is 5.57. The first-order valence-electron chi connectivity index (χ1n) is 13.2. The van der Waals surface area contributed by atoms with Crippen LogP contribution in [0.2, 0.25) is 0 Å². The van der Waals surface area contributed by atoms with E-state index in [2.05, 4.69) is 0 Å². The van der Waals surface area contributed by atoms with Gasteiger partial charge >= 0.3 is 11.7 Å². The number of likely N-dealkylation sites (tertiary alicyclic amines) is 1. The summed E-state index contributed by atoms with van der Waals surface area (Å²) in [5.41, 5.74) is -2.14. The lowest BCUT2D eigenvalue weighted by atomic mass is 10.0. The molecule has 11 heteroatoms. The molecule has 1 aliphatic rings. The molecule has 3 heterocycles. The van der Waals surface area contributed by atoms with Crippen LogP contribution in [-0.4, -0.2) is 57.8 Å². The number of benzene rings is 1. The summed E-state index contributed by atoms with van der Waals surface area (Å²) in [6, 6.07) is 7.38. The molecule has 0 spiro atoms. The Balaban J connectivity index is 1.86. The van der Waals surface area contributed by atoms with E-state index in [1.54, 1.807) is 39.7 Å². The van der Waals surface area contributed by atoms with Crippen molar-refractivity contribution in [1.82, 2.24) is 14.0 Å². The minimum Gasteiger partial charge on any atom is -0.496 e. The summed E-state index contributed by atoms with van der Waals surface area (Å²) < 4.78 is 20.2. The van der Waals surface area contributed by atoms with Gasteiger partial charge in [0, 0.05) is 25.6 Å². The number of fused-ring (bicyclic) bond motifs is 1. The predicted molar refractivity (Wildman–Crippen MR) is 153 cm³/mol. The van der Waals surface area contributed by atoms with E-state index >= 15 is 0 Å². The van der Waals surface area contributed by atoms with Crippen LogP contribution in [0.3, 0.4) is 0 Å². The Morgan fingerprint density at radius 3 is 2.35 bits per heavy atom. The highest BCUT2D eigenvalue weighted by molar-refractivity contribution is 7.17. The number of methoxy groups -OCH3 is 1. The van der Waals surface area contributed by atoms with E-state index in [-0.39, 0.29) is 18.6 Å². The first-order valence-corrected chi connectivity index (χ1v) is 14.0. The first-order chi connectivity index (χ1) is 18.7. The number of amides is 1. The van der Waals surface area contributed by atoms with Crippen LogP contribution in [0.25, 0.3) is 10.2 Å². The first kappa shape index (κ1) is 29.5. The summed E-state index contributed by atoms with van der Waals surface area (Å²) >= 11 is 1.29. The number of ether oxygens (including phenoxy) is 3. The van der Waals surface area contributed by atoms with E-state index in [1.165, 1.54) is 36.7 Å². The van der Waals surface area contributed by atoms with Crippen molar-refractivity contribution in [2.45, 2.75) is 78.4 Å². The van der Waals surface area contributed by atoms with Crippen molar-refractivity contribution in [1.29, 1.82) is 0 Å². The highest BCUT2D eigenvalue weighted by atomic mass is 32.1. The number of aromatic nitrogens is 2. The van der Waals surface area contributed by atoms with Gasteiger partial charge in [-0.25, -0.2) is 14.2 Å². The maximum Gasteiger partial charge on any atom is 0.333 e. The van der Waals surface area contributed by atoms with Gasteiger partial charge in [-0.05, 0) is 58.6 Å². The van der Waals surface area contributed by atoms with Gasteiger partial charge in [-0.1, -0.05) is 18.2 Å². The molecule has 1 aliphatic heterocycles. The SMILES string of the molecule is COc1ccccc1C(Cn1c(=O)n(C(C)(C)C(=O)OC(C)(C)C)c(=O)c2c(C)csc21)OC1CN(C(C)=O)C1. The molecule has 0 bridgehead atoms. The standard InChI is InChI=1S/C29H37N3O7S/c1-17-16-40-25-23(17)24(34)32(29(6,7)26(35)39-28(3,4)5)27(36)31(25)15-22(20-11-9-10-12-21(20)37-8)38-19-13-30(14-19)18(2)33/h9-12,16,19,22H,13-15H2,1-8H3. The van der Waals surface area contributed by atoms with E-state index < -0.39 is 34.5 Å². The van der Waals surface area contributed by atoms with Gasteiger partial charge in [-0.2, -0.15) is 0 Å². The average Bonchev–Trinajstić information content (AvgIpc) is 3.22. The zero-order chi connectivity index (χ0) is 29.6. The molecule has 3 aromatic rings. The summed E-state index contributed by atoms with van der Waals surface area (Å²) in [5, 5.41) is 2.19. The topological polar surface area (TPSA) is 109 Å². The van der Waals surface area contributed by atoms with Crippen molar-refractivity contribution < 1.29 is 23.8 Å². The van der Waals surface area contributed by atoms with E-state index in [1.807, 2.05) is 29.6 Å². The molecular weight excluding hydrogens is 534 g/mol. The maximum absolute atomic E-state index is 14.1. The monoisotopic (exact) mass is 571 g/mol. The Morgan fingerprint density at radius 1 is 1.10 bits per heavy atom. The summed E-state index contributed by atoms with van der Waals surface area (Å²) in [6.07, 6.45) is -0.881. The van der Waals surface area contributed by atoms with Crippen LogP contribution in [0.15, 0.2) is 39.2 Å². The molecule has 1 atom stereocenters. The van der Waals surface area contributed by atoms with Gasteiger partial charge in [-0.3, -0.25) is 14.2 Å². The molecule has 1 unspecified atom stereocenters. The molecule has 2 aromatic heterocycles. The smallest absolute Gasteiger partial charge is 0.333 e. The lowest BCUT2D eigenvalue weighted by molar-refractivity contribution is -0.164. The summed E-state index contributed by atoms with van der Waals surface area (Å²) in [6.45, 7) is 12.5. The molecule has 40 heavy (non-hydrogen) atoms. The highest BCUT2D eigenvalue weighted by Crippen LogP contribution is 2.33. The Kier molecular flexibility index (Phi) is 8.01. The van der Waals surface area contributed by atoms with E-state index in [4.69, 9.17) is 14.2 Å². The Hall–Kier alpha value is -3.44. The molecular formula is C29H37N3O7S. The fraction of sp³-hybridized carbons (Fsp3) is 0.517. The van der Waals surface area contributed by atoms with Gasteiger partial charge in [0.25, 0.3) is 5.56 Å². The van der Waals surface area contributed by atoms with Gasteiger partial charge in [0.05, 0.1) is 25.1 Å². The Labute approximate surface area is 237 Å². The second-order valence-electron chi connectivity index (χ2n) is 11.6.